The highest BCUT2D eigenvalue weighted by molar-refractivity contribution is 5.70. The molecule has 17 heavy (non-hydrogen) atoms. The Hall–Kier alpha value is -0.610. The fourth-order valence-electron chi connectivity index (χ4n) is 3.13. The Morgan fingerprint density at radius 1 is 1.41 bits per heavy atom. The van der Waals surface area contributed by atoms with E-state index in [1.807, 2.05) is 0 Å². The highest BCUT2D eigenvalue weighted by Gasteiger charge is 2.33. The second-order valence-electron chi connectivity index (χ2n) is 5.38. The number of carbonyl (C=O) groups is 1. The quantitative estimate of drug-likeness (QED) is 0.752. The first-order chi connectivity index (χ1) is 8.20. The summed E-state index contributed by atoms with van der Waals surface area (Å²) in [5.74, 6) is -0.0886. The first-order valence-corrected chi connectivity index (χ1v) is 6.76. The maximum atomic E-state index is 11.4. The number of esters is 1. The molecule has 0 aromatic carbocycles. The molecule has 0 spiro atoms. The fraction of sp³-hybridized carbons (Fsp3) is 0.923. The Balaban J connectivity index is 1.97. The summed E-state index contributed by atoms with van der Waals surface area (Å²) in [6, 6.07) is 1.54. The van der Waals surface area contributed by atoms with Crippen LogP contribution in [0.4, 0.5) is 0 Å². The lowest BCUT2D eigenvalue weighted by atomic mass is 10.0. The van der Waals surface area contributed by atoms with E-state index in [0.717, 1.165) is 13.1 Å². The van der Waals surface area contributed by atoms with Crippen LogP contribution in [0.2, 0.25) is 0 Å². The maximum Gasteiger partial charge on any atom is 0.307 e. The predicted molar refractivity (Wildman–Crippen MR) is 66.8 cm³/mol. The van der Waals surface area contributed by atoms with Crippen LogP contribution in [-0.4, -0.2) is 49.2 Å². The number of piperazine rings is 1. The summed E-state index contributed by atoms with van der Waals surface area (Å²) >= 11 is 0. The van der Waals surface area contributed by atoms with Crippen LogP contribution in [0.3, 0.4) is 0 Å². The van der Waals surface area contributed by atoms with Gasteiger partial charge in [0, 0.05) is 31.2 Å². The summed E-state index contributed by atoms with van der Waals surface area (Å²) in [4.78, 5) is 14.0. The van der Waals surface area contributed by atoms with Gasteiger partial charge in [-0.05, 0) is 19.8 Å². The van der Waals surface area contributed by atoms with Gasteiger partial charge in [-0.15, -0.1) is 0 Å². The molecular formula is C13H24N2O2. The van der Waals surface area contributed by atoms with E-state index in [9.17, 15) is 4.79 Å². The van der Waals surface area contributed by atoms with Gasteiger partial charge < -0.3 is 10.1 Å². The average molecular weight is 240 g/mol. The maximum absolute atomic E-state index is 11.4. The summed E-state index contributed by atoms with van der Waals surface area (Å²) < 4.78 is 4.80. The summed E-state index contributed by atoms with van der Waals surface area (Å²) in [6.07, 6.45) is 5.79. The smallest absolute Gasteiger partial charge is 0.307 e. The monoisotopic (exact) mass is 240 g/mol. The van der Waals surface area contributed by atoms with Crippen LogP contribution < -0.4 is 5.32 Å². The molecule has 98 valence electrons. The molecule has 1 aliphatic carbocycles. The molecular weight excluding hydrogens is 216 g/mol. The summed E-state index contributed by atoms with van der Waals surface area (Å²) in [6.45, 7) is 4.19. The molecule has 1 saturated heterocycles. The third-order valence-corrected chi connectivity index (χ3v) is 4.08. The first-order valence-electron chi connectivity index (χ1n) is 6.76. The largest absolute Gasteiger partial charge is 0.469 e. The molecule has 0 aromatic rings. The van der Waals surface area contributed by atoms with E-state index in [1.54, 1.807) is 0 Å². The van der Waals surface area contributed by atoms with Crippen molar-refractivity contribution in [3.63, 3.8) is 0 Å². The Morgan fingerprint density at radius 3 is 2.76 bits per heavy atom. The second kappa shape index (κ2) is 5.83. The van der Waals surface area contributed by atoms with Gasteiger partial charge in [-0.25, -0.2) is 0 Å². The van der Waals surface area contributed by atoms with E-state index in [0.29, 0.717) is 24.5 Å². The molecule has 0 radical (unpaired) electrons. The molecule has 1 heterocycles. The van der Waals surface area contributed by atoms with Crippen molar-refractivity contribution in [1.82, 2.24) is 10.2 Å². The molecule has 2 fully saturated rings. The van der Waals surface area contributed by atoms with Crippen molar-refractivity contribution in [3.05, 3.63) is 0 Å². The van der Waals surface area contributed by atoms with Gasteiger partial charge in [0.05, 0.1) is 13.5 Å². The Labute approximate surface area is 104 Å². The number of carbonyl (C=O) groups excluding carboxylic acids is 1. The van der Waals surface area contributed by atoms with Crippen LogP contribution in [0, 0.1) is 0 Å². The van der Waals surface area contributed by atoms with Crippen molar-refractivity contribution in [2.45, 2.75) is 57.2 Å². The van der Waals surface area contributed by atoms with E-state index >= 15 is 0 Å². The van der Waals surface area contributed by atoms with Crippen molar-refractivity contribution in [2.24, 2.45) is 0 Å². The van der Waals surface area contributed by atoms with Crippen LogP contribution in [0.1, 0.15) is 39.0 Å². The molecule has 2 unspecified atom stereocenters. The van der Waals surface area contributed by atoms with Crippen LogP contribution in [0.15, 0.2) is 0 Å². The minimum Gasteiger partial charge on any atom is -0.469 e. The summed E-state index contributed by atoms with van der Waals surface area (Å²) in [5, 5.41) is 3.47. The first kappa shape index (κ1) is 12.8. The van der Waals surface area contributed by atoms with E-state index in [1.165, 1.54) is 32.8 Å². The third kappa shape index (κ3) is 3.19. The van der Waals surface area contributed by atoms with Gasteiger partial charge in [0.1, 0.15) is 0 Å². The van der Waals surface area contributed by atoms with Crippen LogP contribution in [0.5, 0.6) is 0 Å². The van der Waals surface area contributed by atoms with E-state index in [2.05, 4.69) is 17.1 Å². The molecule has 0 bridgehead atoms. The number of hydrogen-bond donors (Lipinski definition) is 1. The fourth-order valence-corrected chi connectivity index (χ4v) is 3.13. The van der Waals surface area contributed by atoms with Gasteiger partial charge >= 0.3 is 5.97 Å². The lowest BCUT2D eigenvalue weighted by Crippen LogP contribution is -2.58. The molecule has 2 rings (SSSR count). The number of nitrogens with zero attached hydrogens (tertiary/aromatic N) is 1. The van der Waals surface area contributed by atoms with Gasteiger partial charge in [0.15, 0.2) is 0 Å². The van der Waals surface area contributed by atoms with Crippen molar-refractivity contribution in [1.29, 1.82) is 0 Å². The van der Waals surface area contributed by atoms with Crippen molar-refractivity contribution >= 4 is 5.97 Å². The molecule has 1 N–H and O–H groups in total. The minimum atomic E-state index is -0.0886. The number of methoxy groups -OCH3 is 1. The Kier molecular flexibility index (Phi) is 4.40. The van der Waals surface area contributed by atoms with Gasteiger partial charge in [0.2, 0.25) is 0 Å². The zero-order valence-corrected chi connectivity index (χ0v) is 10.9. The van der Waals surface area contributed by atoms with Gasteiger partial charge in [-0.1, -0.05) is 12.8 Å². The molecule has 4 nitrogen and oxygen atoms in total. The number of hydrogen-bond acceptors (Lipinski definition) is 4. The Bertz CT molecular complexity index is 264. The molecule has 1 saturated carbocycles. The lowest BCUT2D eigenvalue weighted by molar-refractivity contribution is -0.142. The molecule has 4 heteroatoms. The van der Waals surface area contributed by atoms with E-state index < -0.39 is 0 Å². The molecule has 0 aromatic heterocycles. The SMILES string of the molecule is COC(=O)CC1CNC(C)CN1C1CCCC1. The van der Waals surface area contributed by atoms with E-state index in [4.69, 9.17) is 4.74 Å². The number of nitrogens with one attached hydrogen (secondary N) is 1. The standard InChI is InChI=1S/C13H24N2O2/c1-10-9-15(11-5-3-4-6-11)12(8-14-10)7-13(16)17-2/h10-12,14H,3-9H2,1-2H3. The molecule has 1 aliphatic heterocycles. The van der Waals surface area contributed by atoms with Crippen molar-refractivity contribution in [3.8, 4) is 0 Å². The van der Waals surface area contributed by atoms with Gasteiger partial charge in [-0.2, -0.15) is 0 Å². The average Bonchev–Trinajstić information content (AvgIpc) is 2.84. The molecule has 0 amide bonds. The lowest BCUT2D eigenvalue weighted by Gasteiger charge is -2.42. The normalized spacial score (nSPS) is 31.6. The molecule has 2 aliphatic rings. The van der Waals surface area contributed by atoms with Crippen molar-refractivity contribution < 1.29 is 9.53 Å². The zero-order valence-electron chi connectivity index (χ0n) is 10.9. The topological polar surface area (TPSA) is 41.6 Å². The van der Waals surface area contributed by atoms with Crippen molar-refractivity contribution in [2.75, 3.05) is 20.2 Å². The summed E-state index contributed by atoms with van der Waals surface area (Å²) in [5.41, 5.74) is 0. The Morgan fingerprint density at radius 2 is 2.12 bits per heavy atom. The summed E-state index contributed by atoms with van der Waals surface area (Å²) in [7, 11) is 1.47. The second-order valence-corrected chi connectivity index (χ2v) is 5.38. The third-order valence-electron chi connectivity index (χ3n) is 4.08. The van der Waals surface area contributed by atoms with Gasteiger partial charge in [-0.3, -0.25) is 9.69 Å². The zero-order chi connectivity index (χ0) is 12.3. The minimum absolute atomic E-state index is 0.0886. The van der Waals surface area contributed by atoms with Crippen LogP contribution >= 0.6 is 0 Å². The highest BCUT2D eigenvalue weighted by Crippen LogP contribution is 2.27. The number of rotatable bonds is 3. The molecule has 2 atom stereocenters. The number of ether oxygens (including phenoxy) is 1. The highest BCUT2D eigenvalue weighted by atomic mass is 16.5. The van der Waals surface area contributed by atoms with E-state index in [-0.39, 0.29) is 5.97 Å². The van der Waals surface area contributed by atoms with Gasteiger partial charge in [0.25, 0.3) is 0 Å². The predicted octanol–water partition coefficient (Wildman–Crippen LogP) is 1.15. The van der Waals surface area contributed by atoms with Crippen LogP contribution in [0.25, 0.3) is 0 Å². The van der Waals surface area contributed by atoms with Crippen LogP contribution in [-0.2, 0) is 9.53 Å².